The molecular weight excluding hydrogens is 212 g/mol. The van der Waals surface area contributed by atoms with Crippen molar-refractivity contribution < 1.29 is 14.6 Å². The maximum absolute atomic E-state index is 8.11. The van der Waals surface area contributed by atoms with E-state index in [0.29, 0.717) is 0 Å². The monoisotopic (exact) mass is 222 g/mol. The fourth-order valence-corrected chi connectivity index (χ4v) is 2.04. The summed E-state index contributed by atoms with van der Waals surface area (Å²) in [5, 5.41) is 14.0. The molecule has 0 unspecified atom stereocenters. The normalized spacial score (nSPS) is 10.8. The van der Waals surface area contributed by atoms with Crippen LogP contribution in [-0.2, 0) is 9.37 Å². The lowest BCUT2D eigenvalue weighted by Crippen LogP contribution is -1.83. The van der Waals surface area contributed by atoms with E-state index in [-0.39, 0.29) is 0 Å². The molecule has 4 heteroatoms. The summed E-state index contributed by atoms with van der Waals surface area (Å²) in [6, 6.07) is 11.9. The summed E-state index contributed by atoms with van der Waals surface area (Å²) < 4.78 is 4.44. The van der Waals surface area contributed by atoms with Crippen LogP contribution >= 0.6 is 12.0 Å². The topological polar surface area (TPSA) is 38.7 Å². The van der Waals surface area contributed by atoms with Crippen molar-refractivity contribution in [3.63, 3.8) is 0 Å². The molecule has 3 nitrogen and oxygen atoms in total. The summed E-state index contributed by atoms with van der Waals surface area (Å²) in [5.74, 6) is 0. The highest BCUT2D eigenvalue weighted by molar-refractivity contribution is 7.94. The van der Waals surface area contributed by atoms with Gasteiger partial charge in [-0.05, 0) is 29.3 Å². The van der Waals surface area contributed by atoms with Crippen LogP contribution in [0.1, 0.15) is 5.56 Å². The van der Waals surface area contributed by atoms with E-state index < -0.39 is 0 Å². The second-order valence-corrected chi connectivity index (χ2v) is 3.89. The second-order valence-electron chi connectivity index (χ2n) is 3.15. The fourth-order valence-electron chi connectivity index (χ4n) is 1.55. The van der Waals surface area contributed by atoms with E-state index in [4.69, 9.17) is 5.26 Å². The average molecular weight is 222 g/mol. The third-order valence-corrected chi connectivity index (χ3v) is 2.92. The molecule has 2 rings (SSSR count). The van der Waals surface area contributed by atoms with E-state index in [0.717, 1.165) is 22.3 Å². The highest BCUT2D eigenvalue weighted by Gasteiger charge is 2.04. The molecule has 0 heterocycles. The Balaban J connectivity index is 2.51. The Morgan fingerprint density at radius 3 is 2.53 bits per heavy atom. The molecule has 0 saturated heterocycles. The highest BCUT2D eigenvalue weighted by atomic mass is 32.2. The molecule has 0 saturated carbocycles. The smallest absolute Gasteiger partial charge is 0.0720 e. The Morgan fingerprint density at radius 2 is 1.80 bits per heavy atom. The van der Waals surface area contributed by atoms with E-state index in [2.05, 4.69) is 22.4 Å². The van der Waals surface area contributed by atoms with E-state index in [1.165, 1.54) is 10.9 Å². The lowest BCUT2D eigenvalue weighted by atomic mass is 10.1. The van der Waals surface area contributed by atoms with Crippen LogP contribution in [0.4, 0.5) is 0 Å². The van der Waals surface area contributed by atoms with Crippen molar-refractivity contribution >= 4 is 22.8 Å². The van der Waals surface area contributed by atoms with Crippen molar-refractivity contribution in [3.8, 4) is 0 Å². The average Bonchev–Trinajstić information content (AvgIpc) is 2.29. The van der Waals surface area contributed by atoms with Crippen molar-refractivity contribution in [2.24, 2.45) is 0 Å². The molecule has 0 aromatic heterocycles. The number of hydrogen-bond acceptors (Lipinski definition) is 4. The number of hydrogen-bond donors (Lipinski definition) is 1. The first kappa shape index (κ1) is 10.4. The largest absolute Gasteiger partial charge is 0.220 e. The predicted octanol–water partition coefficient (Wildman–Crippen LogP) is 3.58. The zero-order valence-electron chi connectivity index (χ0n) is 8.14. The minimum Gasteiger partial charge on any atom is -0.220 e. The van der Waals surface area contributed by atoms with Crippen molar-refractivity contribution in [1.82, 2.24) is 0 Å². The zero-order valence-corrected chi connectivity index (χ0v) is 8.95. The van der Waals surface area contributed by atoms with Gasteiger partial charge in [0.2, 0.25) is 0 Å². The first-order chi connectivity index (χ1) is 7.33. The van der Waals surface area contributed by atoms with E-state index in [1.807, 2.05) is 30.3 Å². The molecule has 2 aromatic rings. The van der Waals surface area contributed by atoms with Crippen LogP contribution in [-0.4, -0.2) is 5.26 Å². The van der Waals surface area contributed by atoms with Gasteiger partial charge in [0, 0.05) is 4.90 Å². The molecule has 0 aliphatic heterocycles. The molecule has 0 spiro atoms. The number of aryl methyl sites for hydroxylation is 1. The summed E-state index contributed by atoms with van der Waals surface area (Å²) in [6.45, 7) is 2.06. The van der Waals surface area contributed by atoms with Crippen molar-refractivity contribution in [2.45, 2.75) is 11.8 Å². The van der Waals surface area contributed by atoms with Gasteiger partial charge in [-0.2, -0.15) is 0 Å². The number of rotatable bonds is 3. The quantitative estimate of drug-likeness (QED) is 0.489. The number of fused-ring (bicyclic) bond motifs is 1. The molecule has 1 N–H and O–H groups in total. The van der Waals surface area contributed by atoms with Crippen LogP contribution in [0.3, 0.4) is 0 Å². The van der Waals surface area contributed by atoms with Crippen LogP contribution in [0.2, 0.25) is 0 Å². The first-order valence-corrected chi connectivity index (χ1v) is 5.20. The molecule has 15 heavy (non-hydrogen) atoms. The molecule has 0 aliphatic rings. The summed E-state index contributed by atoms with van der Waals surface area (Å²) in [6.07, 6.45) is 0. The Morgan fingerprint density at radius 1 is 1.07 bits per heavy atom. The van der Waals surface area contributed by atoms with Gasteiger partial charge in [-0.15, -0.1) is 4.33 Å². The predicted molar refractivity (Wildman–Crippen MR) is 59.3 cm³/mol. The van der Waals surface area contributed by atoms with Crippen LogP contribution in [0.25, 0.3) is 10.8 Å². The molecule has 0 fully saturated rings. The zero-order chi connectivity index (χ0) is 10.7. The minimum atomic E-state index is 0.908. The minimum absolute atomic E-state index is 0.908. The van der Waals surface area contributed by atoms with Gasteiger partial charge in [-0.1, -0.05) is 35.4 Å². The lowest BCUT2D eigenvalue weighted by Gasteiger charge is -2.06. The molecule has 0 atom stereocenters. The van der Waals surface area contributed by atoms with Gasteiger partial charge >= 0.3 is 0 Å². The molecule has 0 aliphatic carbocycles. The highest BCUT2D eigenvalue weighted by Crippen LogP contribution is 2.30. The molecule has 78 valence electrons. The molecular formula is C11H10O3S. The third kappa shape index (κ3) is 2.13. The van der Waals surface area contributed by atoms with Gasteiger partial charge in [-0.3, -0.25) is 0 Å². The lowest BCUT2D eigenvalue weighted by molar-refractivity contribution is -0.432. The SMILES string of the molecule is Cc1ccc(SOOO)c2ccccc12. The maximum Gasteiger partial charge on any atom is 0.0720 e. The van der Waals surface area contributed by atoms with Gasteiger partial charge in [0.05, 0.1) is 12.0 Å². The van der Waals surface area contributed by atoms with Crippen LogP contribution in [0.5, 0.6) is 0 Å². The Kier molecular flexibility index (Phi) is 3.23. The summed E-state index contributed by atoms with van der Waals surface area (Å²) >= 11 is 0.986. The second kappa shape index (κ2) is 4.63. The Hall–Kier alpha value is -1.07. The Bertz CT molecular complexity index is 470. The molecule has 0 radical (unpaired) electrons. The van der Waals surface area contributed by atoms with Gasteiger partial charge < -0.3 is 0 Å². The van der Waals surface area contributed by atoms with Crippen LogP contribution < -0.4 is 0 Å². The van der Waals surface area contributed by atoms with Crippen LogP contribution in [0, 0.1) is 6.92 Å². The molecule has 2 aromatic carbocycles. The Labute approximate surface area is 91.7 Å². The number of benzene rings is 2. The van der Waals surface area contributed by atoms with Gasteiger partial charge in [0.1, 0.15) is 0 Å². The van der Waals surface area contributed by atoms with Crippen molar-refractivity contribution in [1.29, 1.82) is 0 Å². The summed E-state index contributed by atoms with van der Waals surface area (Å²) in [4.78, 5) is 0.908. The first-order valence-electron chi connectivity index (χ1n) is 4.46. The maximum atomic E-state index is 8.11. The van der Waals surface area contributed by atoms with E-state index in [9.17, 15) is 0 Å². The molecule has 0 amide bonds. The van der Waals surface area contributed by atoms with E-state index >= 15 is 0 Å². The van der Waals surface area contributed by atoms with E-state index in [1.54, 1.807) is 0 Å². The van der Waals surface area contributed by atoms with Gasteiger partial charge in [-0.25, -0.2) is 5.26 Å². The van der Waals surface area contributed by atoms with Crippen molar-refractivity contribution in [2.75, 3.05) is 0 Å². The standard InChI is InChI=1S/C11H10O3S/c1-8-6-7-11(15-14-13-12)10-5-3-2-4-9(8)10/h2-7,12H,1H3. The van der Waals surface area contributed by atoms with Gasteiger partial charge in [0.25, 0.3) is 0 Å². The summed E-state index contributed by atoms with van der Waals surface area (Å²) in [7, 11) is 0. The van der Waals surface area contributed by atoms with Crippen molar-refractivity contribution in [3.05, 3.63) is 42.0 Å². The van der Waals surface area contributed by atoms with Gasteiger partial charge in [0.15, 0.2) is 0 Å². The van der Waals surface area contributed by atoms with Crippen LogP contribution in [0.15, 0.2) is 41.3 Å². The third-order valence-electron chi connectivity index (χ3n) is 2.26. The fraction of sp³-hybridized carbons (Fsp3) is 0.0909. The summed E-state index contributed by atoms with van der Waals surface area (Å²) in [5.41, 5.74) is 1.21. The molecule has 0 bridgehead atoms.